The Morgan fingerprint density at radius 2 is 1.93 bits per heavy atom. The minimum absolute atomic E-state index is 0.329. The third kappa shape index (κ3) is 3.90. The van der Waals surface area contributed by atoms with Gasteiger partial charge in [0.2, 0.25) is 0 Å². The van der Waals surface area contributed by atoms with Gasteiger partial charge in [-0.15, -0.1) is 0 Å². The van der Waals surface area contributed by atoms with E-state index in [1.54, 1.807) is 12.1 Å². The van der Waals surface area contributed by atoms with Gasteiger partial charge in [-0.25, -0.2) is 4.79 Å². The van der Waals surface area contributed by atoms with Crippen molar-refractivity contribution in [2.24, 2.45) is 5.92 Å². The second-order valence-corrected chi connectivity index (χ2v) is 3.34. The molecule has 0 spiro atoms. The van der Waals surface area contributed by atoms with Gasteiger partial charge in [-0.1, -0.05) is 38.1 Å². The number of para-hydroxylation sites is 1. The van der Waals surface area contributed by atoms with E-state index in [9.17, 15) is 4.79 Å². The summed E-state index contributed by atoms with van der Waals surface area (Å²) in [6.45, 7) is 4.01. The average molecular weight is 190 g/mol. The van der Waals surface area contributed by atoms with Crippen LogP contribution in [0.5, 0.6) is 5.75 Å². The highest BCUT2D eigenvalue weighted by atomic mass is 16.5. The molecule has 1 aromatic carbocycles. The van der Waals surface area contributed by atoms with Crippen molar-refractivity contribution in [1.29, 1.82) is 0 Å². The molecule has 0 saturated carbocycles. The summed E-state index contributed by atoms with van der Waals surface area (Å²) in [7, 11) is 0. The SMILES string of the molecule is CC(C)C=CC(=O)Oc1ccccc1. The molecule has 0 bridgehead atoms. The predicted octanol–water partition coefficient (Wildman–Crippen LogP) is 2.80. The van der Waals surface area contributed by atoms with Gasteiger partial charge in [0, 0.05) is 6.08 Å². The Labute approximate surface area is 84.2 Å². The third-order valence-electron chi connectivity index (χ3n) is 1.58. The summed E-state index contributed by atoms with van der Waals surface area (Å²) < 4.78 is 5.04. The van der Waals surface area contributed by atoms with Crippen molar-refractivity contribution in [2.45, 2.75) is 13.8 Å². The van der Waals surface area contributed by atoms with Crippen LogP contribution < -0.4 is 4.74 Å². The van der Waals surface area contributed by atoms with Gasteiger partial charge in [-0.3, -0.25) is 0 Å². The van der Waals surface area contributed by atoms with Crippen LogP contribution >= 0.6 is 0 Å². The van der Waals surface area contributed by atoms with E-state index >= 15 is 0 Å². The molecule has 2 nitrogen and oxygen atoms in total. The van der Waals surface area contributed by atoms with Crippen LogP contribution in [0.2, 0.25) is 0 Å². The Morgan fingerprint density at radius 3 is 2.50 bits per heavy atom. The van der Waals surface area contributed by atoms with Crippen molar-refractivity contribution in [3.63, 3.8) is 0 Å². The summed E-state index contributed by atoms with van der Waals surface area (Å²) in [6, 6.07) is 9.03. The molecule has 0 aromatic heterocycles. The molecule has 1 aromatic rings. The Bertz CT molecular complexity index is 312. The maximum absolute atomic E-state index is 11.2. The molecular formula is C12H14O2. The number of ether oxygens (including phenoxy) is 1. The van der Waals surface area contributed by atoms with Gasteiger partial charge in [0.15, 0.2) is 0 Å². The second kappa shape index (κ2) is 5.22. The van der Waals surface area contributed by atoms with Gasteiger partial charge >= 0.3 is 5.97 Å². The van der Waals surface area contributed by atoms with E-state index < -0.39 is 0 Å². The van der Waals surface area contributed by atoms with Crippen molar-refractivity contribution < 1.29 is 9.53 Å². The highest BCUT2D eigenvalue weighted by Gasteiger charge is 1.98. The molecule has 0 aliphatic rings. The first-order valence-corrected chi connectivity index (χ1v) is 4.63. The summed E-state index contributed by atoms with van der Waals surface area (Å²) in [5.74, 6) is 0.606. The Hall–Kier alpha value is -1.57. The normalized spacial score (nSPS) is 10.8. The van der Waals surface area contributed by atoms with Gasteiger partial charge in [0.1, 0.15) is 5.75 Å². The quantitative estimate of drug-likeness (QED) is 0.416. The molecule has 0 N–H and O–H groups in total. The van der Waals surface area contributed by atoms with E-state index in [-0.39, 0.29) is 5.97 Å². The predicted molar refractivity (Wildman–Crippen MR) is 56.1 cm³/mol. The maximum atomic E-state index is 11.2. The molecule has 0 heterocycles. The van der Waals surface area contributed by atoms with Gasteiger partial charge in [0.05, 0.1) is 0 Å². The fraction of sp³-hybridized carbons (Fsp3) is 0.250. The summed E-state index contributed by atoms with van der Waals surface area (Å²) >= 11 is 0. The first-order chi connectivity index (χ1) is 6.68. The number of esters is 1. The Balaban J connectivity index is 2.50. The lowest BCUT2D eigenvalue weighted by Gasteiger charge is -2.00. The van der Waals surface area contributed by atoms with E-state index in [0.29, 0.717) is 11.7 Å². The molecule has 0 atom stereocenters. The molecule has 1 rings (SSSR count). The van der Waals surface area contributed by atoms with Gasteiger partial charge in [-0.05, 0) is 18.1 Å². The first kappa shape index (κ1) is 10.5. The zero-order chi connectivity index (χ0) is 10.4. The van der Waals surface area contributed by atoms with Crippen molar-refractivity contribution in [3.8, 4) is 5.75 Å². The number of hydrogen-bond acceptors (Lipinski definition) is 2. The molecule has 0 saturated heterocycles. The minimum atomic E-state index is -0.329. The molecule has 0 unspecified atom stereocenters. The van der Waals surface area contributed by atoms with E-state index in [0.717, 1.165) is 0 Å². The van der Waals surface area contributed by atoms with Gasteiger partial charge in [-0.2, -0.15) is 0 Å². The van der Waals surface area contributed by atoms with Crippen LogP contribution in [-0.2, 0) is 4.79 Å². The Morgan fingerprint density at radius 1 is 1.29 bits per heavy atom. The lowest BCUT2D eigenvalue weighted by Crippen LogP contribution is -2.03. The van der Waals surface area contributed by atoms with Crippen LogP contribution in [0, 0.1) is 5.92 Å². The number of hydrogen-bond donors (Lipinski definition) is 0. The van der Waals surface area contributed by atoms with E-state index in [2.05, 4.69) is 0 Å². The van der Waals surface area contributed by atoms with Crippen LogP contribution in [0.25, 0.3) is 0 Å². The maximum Gasteiger partial charge on any atom is 0.335 e. The van der Waals surface area contributed by atoms with E-state index in [1.165, 1.54) is 6.08 Å². The largest absolute Gasteiger partial charge is 0.423 e. The molecule has 74 valence electrons. The van der Waals surface area contributed by atoms with Crippen LogP contribution in [0.15, 0.2) is 42.5 Å². The average Bonchev–Trinajstić information content (AvgIpc) is 2.16. The summed E-state index contributed by atoms with van der Waals surface area (Å²) in [5, 5.41) is 0. The summed E-state index contributed by atoms with van der Waals surface area (Å²) in [6.07, 6.45) is 3.27. The molecule has 14 heavy (non-hydrogen) atoms. The zero-order valence-electron chi connectivity index (χ0n) is 8.44. The van der Waals surface area contributed by atoms with E-state index in [1.807, 2.05) is 38.1 Å². The monoisotopic (exact) mass is 190 g/mol. The lowest BCUT2D eigenvalue weighted by molar-refractivity contribution is -0.129. The van der Waals surface area contributed by atoms with Gasteiger partial charge < -0.3 is 4.74 Å². The number of benzene rings is 1. The van der Waals surface area contributed by atoms with Crippen LogP contribution in [-0.4, -0.2) is 5.97 Å². The van der Waals surface area contributed by atoms with Crippen molar-refractivity contribution in [3.05, 3.63) is 42.5 Å². The molecule has 0 aliphatic carbocycles. The fourth-order valence-electron chi connectivity index (χ4n) is 0.910. The molecular weight excluding hydrogens is 176 g/mol. The summed E-state index contributed by atoms with van der Waals surface area (Å²) in [4.78, 5) is 11.2. The van der Waals surface area contributed by atoms with Crippen LogP contribution in [0.3, 0.4) is 0 Å². The standard InChI is InChI=1S/C12H14O2/c1-10(2)8-9-12(13)14-11-6-4-3-5-7-11/h3-10H,1-2H3. The van der Waals surface area contributed by atoms with Crippen molar-refractivity contribution in [1.82, 2.24) is 0 Å². The van der Waals surface area contributed by atoms with Gasteiger partial charge in [0.25, 0.3) is 0 Å². The van der Waals surface area contributed by atoms with E-state index in [4.69, 9.17) is 4.74 Å². The molecule has 2 heteroatoms. The van der Waals surface area contributed by atoms with Crippen molar-refractivity contribution >= 4 is 5.97 Å². The van der Waals surface area contributed by atoms with Crippen LogP contribution in [0.1, 0.15) is 13.8 Å². The lowest BCUT2D eigenvalue weighted by atomic mass is 10.2. The Kier molecular flexibility index (Phi) is 3.92. The second-order valence-electron chi connectivity index (χ2n) is 3.34. The van der Waals surface area contributed by atoms with Crippen molar-refractivity contribution in [2.75, 3.05) is 0 Å². The number of carbonyl (C=O) groups excluding carboxylic acids is 1. The molecule has 0 fully saturated rings. The third-order valence-corrected chi connectivity index (χ3v) is 1.58. The number of carbonyl (C=O) groups is 1. The van der Waals surface area contributed by atoms with Crippen LogP contribution in [0.4, 0.5) is 0 Å². The minimum Gasteiger partial charge on any atom is -0.423 e. The zero-order valence-corrected chi connectivity index (χ0v) is 8.44. The number of allylic oxidation sites excluding steroid dienone is 1. The highest BCUT2D eigenvalue weighted by Crippen LogP contribution is 2.08. The first-order valence-electron chi connectivity index (χ1n) is 4.63. The molecule has 0 radical (unpaired) electrons. The smallest absolute Gasteiger partial charge is 0.335 e. The molecule has 0 aliphatic heterocycles. The number of rotatable bonds is 3. The summed E-state index contributed by atoms with van der Waals surface area (Å²) in [5.41, 5.74) is 0. The fourth-order valence-corrected chi connectivity index (χ4v) is 0.910. The highest BCUT2D eigenvalue weighted by molar-refractivity contribution is 5.83. The molecule has 0 amide bonds. The topological polar surface area (TPSA) is 26.3 Å².